The lowest BCUT2D eigenvalue weighted by molar-refractivity contribution is 0.445. The van der Waals surface area contributed by atoms with Crippen LogP contribution in [0.15, 0.2) is 45.3 Å². The van der Waals surface area contributed by atoms with Crippen LogP contribution < -0.4 is 5.73 Å². The third-order valence-corrected chi connectivity index (χ3v) is 3.02. The van der Waals surface area contributed by atoms with Gasteiger partial charge < -0.3 is 10.2 Å². The topological polar surface area (TPSA) is 39.2 Å². The van der Waals surface area contributed by atoms with Gasteiger partial charge >= 0.3 is 0 Å². The first kappa shape index (κ1) is 11.4. The lowest BCUT2D eigenvalue weighted by Gasteiger charge is -2.08. The number of furan rings is 1. The zero-order valence-electron chi connectivity index (χ0n) is 9.11. The maximum absolute atomic E-state index is 6.07. The van der Waals surface area contributed by atoms with Crippen LogP contribution >= 0.6 is 15.9 Å². The summed E-state index contributed by atoms with van der Waals surface area (Å²) in [7, 11) is 0. The molecule has 0 aliphatic carbocycles. The van der Waals surface area contributed by atoms with Crippen LogP contribution in [0.5, 0.6) is 0 Å². The Morgan fingerprint density at radius 2 is 1.88 bits per heavy atom. The van der Waals surface area contributed by atoms with Crippen molar-refractivity contribution in [3.05, 3.63) is 58.0 Å². The number of rotatable bonds is 3. The number of nitrogens with two attached hydrogens (primary N) is 1. The maximum Gasteiger partial charge on any atom is 0.121 e. The molecule has 84 valence electrons. The van der Waals surface area contributed by atoms with Crippen LogP contribution in [0.1, 0.15) is 23.1 Å². The van der Waals surface area contributed by atoms with Crippen molar-refractivity contribution in [2.45, 2.75) is 19.4 Å². The van der Waals surface area contributed by atoms with Crippen molar-refractivity contribution >= 4 is 15.9 Å². The zero-order chi connectivity index (χ0) is 11.5. The van der Waals surface area contributed by atoms with Crippen LogP contribution in [0.2, 0.25) is 0 Å². The van der Waals surface area contributed by atoms with Gasteiger partial charge in [0, 0.05) is 4.47 Å². The van der Waals surface area contributed by atoms with Crippen molar-refractivity contribution in [2.75, 3.05) is 0 Å². The highest BCUT2D eigenvalue weighted by Crippen LogP contribution is 2.19. The SMILES string of the molecule is Cc1ccc(C(N)Cc2ccc(Br)cc2)o1. The van der Waals surface area contributed by atoms with E-state index < -0.39 is 0 Å². The van der Waals surface area contributed by atoms with E-state index in [1.165, 1.54) is 5.56 Å². The molecule has 3 heteroatoms. The predicted octanol–water partition coefficient (Wildman–Crippen LogP) is 3.59. The Labute approximate surface area is 104 Å². The molecule has 2 aromatic rings. The van der Waals surface area contributed by atoms with E-state index in [4.69, 9.17) is 10.2 Å². The van der Waals surface area contributed by atoms with Gasteiger partial charge in [-0.25, -0.2) is 0 Å². The highest BCUT2D eigenvalue weighted by molar-refractivity contribution is 9.10. The molecule has 0 amide bonds. The van der Waals surface area contributed by atoms with E-state index in [2.05, 4.69) is 28.1 Å². The second kappa shape index (κ2) is 4.85. The molecule has 2 N–H and O–H groups in total. The van der Waals surface area contributed by atoms with E-state index in [0.717, 1.165) is 22.4 Å². The molecule has 0 bridgehead atoms. The summed E-state index contributed by atoms with van der Waals surface area (Å²) in [4.78, 5) is 0. The molecule has 1 atom stereocenters. The largest absolute Gasteiger partial charge is 0.465 e. The van der Waals surface area contributed by atoms with Gasteiger partial charge in [-0.05, 0) is 43.2 Å². The minimum absolute atomic E-state index is 0.0742. The minimum atomic E-state index is -0.0742. The average molecular weight is 280 g/mol. The monoisotopic (exact) mass is 279 g/mol. The van der Waals surface area contributed by atoms with Crippen LogP contribution in [-0.2, 0) is 6.42 Å². The second-order valence-electron chi connectivity index (χ2n) is 3.89. The number of aryl methyl sites for hydroxylation is 1. The fraction of sp³-hybridized carbons (Fsp3) is 0.231. The molecule has 1 heterocycles. The van der Waals surface area contributed by atoms with Gasteiger partial charge in [0.05, 0.1) is 6.04 Å². The molecule has 2 nitrogen and oxygen atoms in total. The molecule has 0 saturated heterocycles. The van der Waals surface area contributed by atoms with Crippen LogP contribution in [0, 0.1) is 6.92 Å². The van der Waals surface area contributed by atoms with Gasteiger partial charge in [-0.15, -0.1) is 0 Å². The van der Waals surface area contributed by atoms with Gasteiger partial charge in [0.1, 0.15) is 11.5 Å². The fourth-order valence-corrected chi connectivity index (χ4v) is 1.89. The lowest BCUT2D eigenvalue weighted by Crippen LogP contribution is -2.12. The lowest BCUT2D eigenvalue weighted by atomic mass is 10.1. The van der Waals surface area contributed by atoms with Crippen molar-refractivity contribution in [3.8, 4) is 0 Å². The summed E-state index contributed by atoms with van der Waals surface area (Å²) in [6.45, 7) is 1.93. The fourth-order valence-electron chi connectivity index (χ4n) is 1.63. The summed E-state index contributed by atoms with van der Waals surface area (Å²) in [5.74, 6) is 1.75. The first-order chi connectivity index (χ1) is 7.65. The van der Waals surface area contributed by atoms with Gasteiger partial charge in [-0.2, -0.15) is 0 Å². The molecule has 1 unspecified atom stereocenters. The molecular formula is C13H14BrNO. The van der Waals surface area contributed by atoms with Gasteiger partial charge in [0.25, 0.3) is 0 Å². The molecule has 0 radical (unpaired) electrons. The quantitative estimate of drug-likeness (QED) is 0.933. The van der Waals surface area contributed by atoms with E-state index in [1.54, 1.807) is 0 Å². The van der Waals surface area contributed by atoms with Crippen LogP contribution in [0.4, 0.5) is 0 Å². The Morgan fingerprint density at radius 3 is 2.44 bits per heavy atom. The molecule has 0 aliphatic heterocycles. The maximum atomic E-state index is 6.07. The van der Waals surface area contributed by atoms with E-state index >= 15 is 0 Å². The molecular weight excluding hydrogens is 266 g/mol. The number of hydrogen-bond acceptors (Lipinski definition) is 2. The van der Waals surface area contributed by atoms with Gasteiger partial charge in [0.2, 0.25) is 0 Å². The molecule has 1 aromatic heterocycles. The molecule has 2 rings (SSSR count). The highest BCUT2D eigenvalue weighted by Gasteiger charge is 2.10. The summed E-state index contributed by atoms with van der Waals surface area (Å²) >= 11 is 3.41. The molecule has 0 fully saturated rings. The Kier molecular flexibility index (Phi) is 3.46. The average Bonchev–Trinajstić information content (AvgIpc) is 2.68. The number of benzene rings is 1. The predicted molar refractivity (Wildman–Crippen MR) is 68.2 cm³/mol. The minimum Gasteiger partial charge on any atom is -0.465 e. The zero-order valence-corrected chi connectivity index (χ0v) is 10.7. The highest BCUT2D eigenvalue weighted by atomic mass is 79.9. The van der Waals surface area contributed by atoms with Crippen LogP contribution in [-0.4, -0.2) is 0 Å². The summed E-state index contributed by atoms with van der Waals surface area (Å²) in [5.41, 5.74) is 7.29. The van der Waals surface area contributed by atoms with Crippen molar-refractivity contribution in [2.24, 2.45) is 5.73 Å². The van der Waals surface area contributed by atoms with Gasteiger partial charge in [-0.3, -0.25) is 0 Å². The third-order valence-electron chi connectivity index (χ3n) is 2.50. The molecule has 0 spiro atoms. The third kappa shape index (κ3) is 2.74. The smallest absolute Gasteiger partial charge is 0.121 e. The van der Waals surface area contributed by atoms with E-state index in [0.29, 0.717) is 0 Å². The standard InChI is InChI=1S/C13H14BrNO/c1-9-2-7-13(16-9)12(15)8-10-3-5-11(14)6-4-10/h2-7,12H,8,15H2,1H3. The Balaban J connectivity index is 2.07. The van der Waals surface area contributed by atoms with Crippen LogP contribution in [0.25, 0.3) is 0 Å². The molecule has 16 heavy (non-hydrogen) atoms. The van der Waals surface area contributed by atoms with Crippen molar-refractivity contribution in [3.63, 3.8) is 0 Å². The molecule has 1 aromatic carbocycles. The van der Waals surface area contributed by atoms with Crippen molar-refractivity contribution in [1.82, 2.24) is 0 Å². The first-order valence-electron chi connectivity index (χ1n) is 5.21. The van der Waals surface area contributed by atoms with Crippen molar-refractivity contribution in [1.29, 1.82) is 0 Å². The van der Waals surface area contributed by atoms with E-state index in [1.807, 2.05) is 31.2 Å². The van der Waals surface area contributed by atoms with E-state index in [9.17, 15) is 0 Å². The van der Waals surface area contributed by atoms with Crippen LogP contribution in [0.3, 0.4) is 0 Å². The Bertz CT molecular complexity index is 461. The van der Waals surface area contributed by atoms with Gasteiger partial charge in [0.15, 0.2) is 0 Å². The van der Waals surface area contributed by atoms with Gasteiger partial charge in [-0.1, -0.05) is 28.1 Å². The summed E-state index contributed by atoms with van der Waals surface area (Å²) in [5, 5.41) is 0. The number of halogens is 1. The number of hydrogen-bond donors (Lipinski definition) is 1. The molecule has 0 aliphatic rings. The normalized spacial score (nSPS) is 12.7. The van der Waals surface area contributed by atoms with E-state index in [-0.39, 0.29) is 6.04 Å². The first-order valence-corrected chi connectivity index (χ1v) is 6.01. The summed E-state index contributed by atoms with van der Waals surface area (Å²) in [6.07, 6.45) is 0.792. The Morgan fingerprint density at radius 1 is 1.19 bits per heavy atom. The van der Waals surface area contributed by atoms with Crippen molar-refractivity contribution < 1.29 is 4.42 Å². The Hall–Kier alpha value is -1.06. The summed E-state index contributed by atoms with van der Waals surface area (Å²) < 4.78 is 6.59. The second-order valence-corrected chi connectivity index (χ2v) is 4.80. The summed E-state index contributed by atoms with van der Waals surface area (Å²) in [6, 6.07) is 12.0. The molecule has 0 saturated carbocycles.